The van der Waals surface area contributed by atoms with E-state index in [1.807, 2.05) is 0 Å². The molecule has 2 N–H and O–H groups in total. The van der Waals surface area contributed by atoms with E-state index in [4.69, 9.17) is 0 Å². The maximum absolute atomic E-state index is 13.1. The van der Waals surface area contributed by atoms with Crippen molar-refractivity contribution in [2.75, 3.05) is 42.9 Å². The molecule has 9 nitrogen and oxygen atoms in total. The zero-order chi connectivity index (χ0) is 23.0. The number of benzene rings is 2. The van der Waals surface area contributed by atoms with Gasteiger partial charge in [-0.15, -0.1) is 0 Å². The number of aryl methyl sites for hydroxylation is 1. The molecular weight excluding hydrogens is 432 g/mol. The van der Waals surface area contributed by atoms with Crippen molar-refractivity contribution in [1.29, 1.82) is 0 Å². The molecule has 2 heterocycles. The quantitative estimate of drug-likeness (QED) is 0.732. The molecule has 0 spiro atoms. The molecule has 1 saturated heterocycles. The van der Waals surface area contributed by atoms with Gasteiger partial charge >= 0.3 is 6.03 Å². The first-order chi connectivity index (χ1) is 15.2. The van der Waals surface area contributed by atoms with Crippen LogP contribution in [0.25, 0.3) is 0 Å². The highest BCUT2D eigenvalue weighted by Crippen LogP contribution is 2.31. The van der Waals surface area contributed by atoms with Gasteiger partial charge in [-0.05, 0) is 48.7 Å². The third-order valence-corrected chi connectivity index (χ3v) is 7.85. The molecule has 4 rings (SSSR count). The molecule has 1 fully saturated rings. The normalized spacial score (nSPS) is 16.7. The molecule has 0 aliphatic carbocycles. The summed E-state index contributed by atoms with van der Waals surface area (Å²) < 4.78 is 27.7. The van der Waals surface area contributed by atoms with Gasteiger partial charge in [0.1, 0.15) is 5.75 Å². The van der Waals surface area contributed by atoms with Gasteiger partial charge in [-0.2, -0.15) is 4.31 Å². The number of carbonyl (C=O) groups is 2. The van der Waals surface area contributed by atoms with Crippen LogP contribution in [0.1, 0.15) is 18.1 Å². The van der Waals surface area contributed by atoms with Crippen LogP contribution in [0.5, 0.6) is 5.75 Å². The van der Waals surface area contributed by atoms with Gasteiger partial charge in [-0.25, -0.2) is 13.2 Å². The number of sulfonamides is 1. The SMILES string of the molecule is CC(=O)N1CCc2cc(S(=O)(=O)N3CCN(C(=O)Nc4ccc(C)c(O)c4)CC3)ccc21. The number of phenolic OH excluding ortho intramolecular Hbond substituents is 1. The summed E-state index contributed by atoms with van der Waals surface area (Å²) >= 11 is 0. The highest BCUT2D eigenvalue weighted by molar-refractivity contribution is 7.89. The molecule has 32 heavy (non-hydrogen) atoms. The summed E-state index contributed by atoms with van der Waals surface area (Å²) in [5.74, 6) is 0.0362. The van der Waals surface area contributed by atoms with Gasteiger partial charge < -0.3 is 20.2 Å². The van der Waals surface area contributed by atoms with Crippen LogP contribution in [0, 0.1) is 6.92 Å². The number of nitrogens with zero attached hydrogens (tertiary/aromatic N) is 3. The van der Waals surface area contributed by atoms with Crippen LogP contribution in [0.3, 0.4) is 0 Å². The molecule has 2 aromatic carbocycles. The van der Waals surface area contributed by atoms with E-state index < -0.39 is 10.0 Å². The number of amides is 3. The van der Waals surface area contributed by atoms with Crippen molar-refractivity contribution < 1.29 is 23.1 Å². The summed E-state index contributed by atoms with van der Waals surface area (Å²) in [7, 11) is -3.70. The first-order valence-electron chi connectivity index (χ1n) is 10.4. The van der Waals surface area contributed by atoms with Crippen LogP contribution < -0.4 is 10.2 Å². The zero-order valence-electron chi connectivity index (χ0n) is 18.0. The van der Waals surface area contributed by atoms with E-state index in [9.17, 15) is 23.1 Å². The molecule has 0 radical (unpaired) electrons. The Morgan fingerprint density at radius 3 is 2.38 bits per heavy atom. The van der Waals surface area contributed by atoms with E-state index >= 15 is 0 Å². The Kier molecular flexibility index (Phi) is 5.83. The van der Waals surface area contributed by atoms with Gasteiger partial charge in [0.05, 0.1) is 4.90 Å². The van der Waals surface area contributed by atoms with E-state index in [0.29, 0.717) is 24.2 Å². The highest BCUT2D eigenvalue weighted by Gasteiger charge is 2.32. The van der Waals surface area contributed by atoms with Crippen molar-refractivity contribution in [3.8, 4) is 5.75 Å². The van der Waals surface area contributed by atoms with E-state index in [-0.39, 0.29) is 48.8 Å². The lowest BCUT2D eigenvalue weighted by atomic mass is 10.2. The predicted molar refractivity (Wildman–Crippen MR) is 120 cm³/mol. The van der Waals surface area contributed by atoms with E-state index in [1.165, 1.54) is 17.3 Å². The number of piperazine rings is 1. The number of aromatic hydroxyl groups is 1. The maximum atomic E-state index is 13.1. The topological polar surface area (TPSA) is 110 Å². The lowest BCUT2D eigenvalue weighted by Gasteiger charge is -2.34. The fraction of sp³-hybridized carbons (Fsp3) is 0.364. The van der Waals surface area contributed by atoms with Gasteiger partial charge in [0.25, 0.3) is 0 Å². The van der Waals surface area contributed by atoms with Gasteiger partial charge in [-0.1, -0.05) is 6.07 Å². The molecule has 2 aliphatic rings. The van der Waals surface area contributed by atoms with Crippen LogP contribution in [-0.4, -0.2) is 67.4 Å². The molecular formula is C22H26N4O5S. The fourth-order valence-corrected chi connectivity index (χ4v) is 5.51. The van der Waals surface area contributed by atoms with Gasteiger partial charge in [0, 0.05) is 57.1 Å². The number of urea groups is 1. The largest absolute Gasteiger partial charge is 0.508 e. The van der Waals surface area contributed by atoms with Gasteiger partial charge in [-0.3, -0.25) is 4.79 Å². The summed E-state index contributed by atoms with van der Waals surface area (Å²) in [4.78, 5) is 27.7. The monoisotopic (exact) mass is 458 g/mol. The summed E-state index contributed by atoms with van der Waals surface area (Å²) in [6.45, 7) is 4.70. The average molecular weight is 459 g/mol. The Balaban J connectivity index is 1.41. The minimum absolute atomic E-state index is 0.0606. The summed E-state index contributed by atoms with van der Waals surface area (Å²) in [5.41, 5.74) is 2.80. The van der Waals surface area contributed by atoms with E-state index in [1.54, 1.807) is 47.1 Å². The van der Waals surface area contributed by atoms with E-state index in [0.717, 1.165) is 11.3 Å². The van der Waals surface area contributed by atoms with Crippen molar-refractivity contribution in [3.05, 3.63) is 47.5 Å². The van der Waals surface area contributed by atoms with Crippen LogP contribution in [0.2, 0.25) is 0 Å². The van der Waals surface area contributed by atoms with Crippen LogP contribution in [-0.2, 0) is 21.2 Å². The first kappa shape index (κ1) is 22.1. The van der Waals surface area contributed by atoms with Gasteiger partial charge in [0.15, 0.2) is 0 Å². The predicted octanol–water partition coefficient (Wildman–Crippen LogP) is 2.15. The summed E-state index contributed by atoms with van der Waals surface area (Å²) in [5, 5.41) is 12.5. The highest BCUT2D eigenvalue weighted by atomic mass is 32.2. The lowest BCUT2D eigenvalue weighted by Crippen LogP contribution is -2.51. The van der Waals surface area contributed by atoms with Gasteiger partial charge in [0.2, 0.25) is 15.9 Å². The second-order valence-electron chi connectivity index (χ2n) is 8.03. The Hall–Kier alpha value is -3.11. The third kappa shape index (κ3) is 4.15. The Labute approximate surface area is 187 Å². The fourth-order valence-electron chi connectivity index (χ4n) is 4.04. The molecule has 170 valence electrons. The number of hydrogen-bond donors (Lipinski definition) is 2. The number of anilines is 2. The van der Waals surface area contributed by atoms with Crippen molar-refractivity contribution in [3.63, 3.8) is 0 Å². The van der Waals surface area contributed by atoms with Crippen molar-refractivity contribution in [1.82, 2.24) is 9.21 Å². The number of nitrogens with one attached hydrogen (secondary N) is 1. The molecule has 10 heteroatoms. The lowest BCUT2D eigenvalue weighted by molar-refractivity contribution is -0.116. The summed E-state index contributed by atoms with van der Waals surface area (Å²) in [6, 6.07) is 9.43. The molecule has 0 aromatic heterocycles. The van der Waals surface area contributed by atoms with Crippen molar-refractivity contribution in [2.45, 2.75) is 25.2 Å². The number of phenols is 1. The second kappa shape index (κ2) is 8.44. The van der Waals surface area contributed by atoms with Crippen molar-refractivity contribution in [2.24, 2.45) is 0 Å². The average Bonchev–Trinajstić information content (AvgIpc) is 3.20. The molecule has 0 unspecified atom stereocenters. The van der Waals surface area contributed by atoms with Crippen LogP contribution in [0.4, 0.5) is 16.2 Å². The third-order valence-electron chi connectivity index (χ3n) is 5.95. The number of rotatable bonds is 3. The van der Waals surface area contributed by atoms with Crippen molar-refractivity contribution >= 4 is 33.3 Å². The first-order valence-corrected chi connectivity index (χ1v) is 11.9. The standard InChI is InChI=1S/C22H26N4O5S/c1-15-3-4-18(14-21(15)28)23-22(29)24-9-11-25(12-10-24)32(30,31)19-5-6-20-17(13-19)7-8-26(20)16(2)27/h3-6,13-14,28H,7-12H2,1-2H3,(H,23,29). The molecule has 3 amide bonds. The molecule has 2 aliphatic heterocycles. The van der Waals surface area contributed by atoms with Crippen LogP contribution in [0.15, 0.2) is 41.3 Å². The zero-order valence-corrected chi connectivity index (χ0v) is 18.9. The molecule has 0 saturated carbocycles. The van der Waals surface area contributed by atoms with Crippen LogP contribution >= 0.6 is 0 Å². The number of fused-ring (bicyclic) bond motifs is 1. The molecule has 2 aromatic rings. The Bertz CT molecular complexity index is 1170. The smallest absolute Gasteiger partial charge is 0.321 e. The molecule has 0 atom stereocenters. The maximum Gasteiger partial charge on any atom is 0.321 e. The minimum Gasteiger partial charge on any atom is -0.508 e. The number of carbonyl (C=O) groups excluding carboxylic acids is 2. The minimum atomic E-state index is -3.70. The summed E-state index contributed by atoms with van der Waals surface area (Å²) in [6.07, 6.45) is 0.626. The number of hydrogen-bond acceptors (Lipinski definition) is 5. The Morgan fingerprint density at radius 1 is 1.00 bits per heavy atom. The van der Waals surface area contributed by atoms with E-state index in [2.05, 4.69) is 5.32 Å². The second-order valence-corrected chi connectivity index (χ2v) is 9.97. The Morgan fingerprint density at radius 2 is 1.72 bits per heavy atom. The molecule has 0 bridgehead atoms.